The van der Waals surface area contributed by atoms with Crippen molar-refractivity contribution in [2.75, 3.05) is 11.9 Å². The van der Waals surface area contributed by atoms with Gasteiger partial charge in [-0.05, 0) is 42.0 Å². The maximum atomic E-state index is 12.3. The molecule has 0 amide bonds. The number of aromatic nitrogens is 4. The number of hydrogen-bond acceptors (Lipinski definition) is 7. The second kappa shape index (κ2) is 10.2. The van der Waals surface area contributed by atoms with Gasteiger partial charge in [0.05, 0.1) is 18.9 Å². The molecular formula is C24H23BrN6O4. The Bertz CT molecular complexity index is 1500. The standard InChI is InChI=1S/C24H23BrN6O4/c1-29-22-21(23(33)30(2)24(29)34)27-14-31(22)12-18(32)13-35-19-9-3-15(4-10-19)20(11-26)28-17-7-5-16(25)6-8-17/h3-10,14,18,20,28,32H,12-13H2,1-2H3. The Morgan fingerprint density at radius 1 is 1.11 bits per heavy atom. The molecule has 10 nitrogen and oxygen atoms in total. The van der Waals surface area contributed by atoms with Crippen LogP contribution in [-0.4, -0.2) is 36.5 Å². The average Bonchev–Trinajstić information content (AvgIpc) is 3.28. The first-order chi connectivity index (χ1) is 16.8. The summed E-state index contributed by atoms with van der Waals surface area (Å²) in [5, 5.41) is 23.2. The molecule has 2 atom stereocenters. The number of fused-ring (bicyclic) bond motifs is 1. The Morgan fingerprint density at radius 2 is 1.80 bits per heavy atom. The number of ether oxygens (including phenoxy) is 1. The van der Waals surface area contributed by atoms with Crippen LogP contribution in [0, 0.1) is 11.3 Å². The van der Waals surface area contributed by atoms with Gasteiger partial charge < -0.3 is 19.7 Å². The Balaban J connectivity index is 1.39. The van der Waals surface area contributed by atoms with Gasteiger partial charge in [0.15, 0.2) is 5.52 Å². The van der Waals surface area contributed by atoms with Crippen LogP contribution < -0.4 is 21.3 Å². The van der Waals surface area contributed by atoms with Gasteiger partial charge in [0, 0.05) is 24.3 Å². The zero-order valence-corrected chi connectivity index (χ0v) is 20.6. The van der Waals surface area contributed by atoms with Crippen molar-refractivity contribution >= 4 is 32.8 Å². The number of imidazole rings is 1. The van der Waals surface area contributed by atoms with E-state index >= 15 is 0 Å². The number of aliphatic hydroxyl groups is 1. The first-order valence-corrected chi connectivity index (χ1v) is 11.5. The topological polar surface area (TPSA) is 127 Å². The predicted molar refractivity (Wildman–Crippen MR) is 134 cm³/mol. The fraction of sp³-hybridized carbons (Fsp3) is 0.250. The highest BCUT2D eigenvalue weighted by Crippen LogP contribution is 2.23. The third-order valence-corrected chi connectivity index (χ3v) is 6.09. The molecule has 0 saturated carbocycles. The summed E-state index contributed by atoms with van der Waals surface area (Å²) in [5.41, 5.74) is 1.13. The van der Waals surface area contributed by atoms with Gasteiger partial charge in [-0.1, -0.05) is 28.1 Å². The van der Waals surface area contributed by atoms with Crippen LogP contribution in [0.3, 0.4) is 0 Å². The number of rotatable bonds is 8. The van der Waals surface area contributed by atoms with Crippen molar-refractivity contribution < 1.29 is 9.84 Å². The molecule has 0 aliphatic heterocycles. The number of anilines is 1. The van der Waals surface area contributed by atoms with E-state index in [2.05, 4.69) is 32.3 Å². The molecule has 0 spiro atoms. The van der Waals surface area contributed by atoms with E-state index < -0.39 is 23.4 Å². The van der Waals surface area contributed by atoms with Gasteiger partial charge in [0.1, 0.15) is 30.1 Å². The molecule has 2 aromatic carbocycles. The molecule has 0 aliphatic rings. The monoisotopic (exact) mass is 538 g/mol. The largest absolute Gasteiger partial charge is 0.491 e. The third-order valence-electron chi connectivity index (χ3n) is 5.56. The van der Waals surface area contributed by atoms with Crippen molar-refractivity contribution in [1.82, 2.24) is 18.7 Å². The summed E-state index contributed by atoms with van der Waals surface area (Å²) in [7, 11) is 2.94. The van der Waals surface area contributed by atoms with Crippen molar-refractivity contribution in [2.45, 2.75) is 18.7 Å². The molecule has 11 heteroatoms. The van der Waals surface area contributed by atoms with Crippen molar-refractivity contribution in [2.24, 2.45) is 14.1 Å². The van der Waals surface area contributed by atoms with Gasteiger partial charge in [-0.15, -0.1) is 0 Å². The lowest BCUT2D eigenvalue weighted by atomic mass is 10.1. The Labute approximate surface area is 208 Å². The average molecular weight is 539 g/mol. The Kier molecular flexibility index (Phi) is 7.04. The summed E-state index contributed by atoms with van der Waals surface area (Å²) in [6.45, 7) is 0.0687. The van der Waals surface area contributed by atoms with E-state index in [0.29, 0.717) is 11.4 Å². The molecule has 4 aromatic rings. The summed E-state index contributed by atoms with van der Waals surface area (Å²) in [5.74, 6) is 0.532. The van der Waals surface area contributed by atoms with Crippen LogP contribution in [0.1, 0.15) is 11.6 Å². The van der Waals surface area contributed by atoms with Gasteiger partial charge in [0.2, 0.25) is 0 Å². The third kappa shape index (κ3) is 5.13. The fourth-order valence-electron chi connectivity index (χ4n) is 3.70. The highest BCUT2D eigenvalue weighted by atomic mass is 79.9. The maximum absolute atomic E-state index is 12.3. The number of benzene rings is 2. The van der Waals surface area contributed by atoms with Crippen molar-refractivity contribution in [1.29, 1.82) is 5.26 Å². The van der Waals surface area contributed by atoms with Crippen LogP contribution in [0.15, 0.2) is 68.9 Å². The number of aliphatic hydroxyl groups excluding tert-OH is 1. The highest BCUT2D eigenvalue weighted by Gasteiger charge is 2.17. The number of nitriles is 1. The second-order valence-corrected chi connectivity index (χ2v) is 8.94. The summed E-state index contributed by atoms with van der Waals surface area (Å²) < 4.78 is 10.5. The van der Waals surface area contributed by atoms with Crippen molar-refractivity contribution in [3.05, 3.63) is 85.7 Å². The smallest absolute Gasteiger partial charge is 0.332 e. The van der Waals surface area contributed by atoms with E-state index in [1.54, 1.807) is 35.9 Å². The van der Waals surface area contributed by atoms with Gasteiger partial charge >= 0.3 is 5.69 Å². The van der Waals surface area contributed by atoms with E-state index in [1.165, 1.54) is 17.9 Å². The molecule has 4 rings (SSSR count). The molecule has 35 heavy (non-hydrogen) atoms. The molecule has 0 bridgehead atoms. The number of nitrogens with zero attached hydrogens (tertiary/aromatic N) is 5. The van der Waals surface area contributed by atoms with E-state index in [4.69, 9.17) is 4.74 Å². The molecule has 0 saturated heterocycles. The molecule has 0 fully saturated rings. The van der Waals surface area contributed by atoms with Crippen molar-refractivity contribution in [3.63, 3.8) is 0 Å². The van der Waals surface area contributed by atoms with Gasteiger partial charge in [-0.25, -0.2) is 9.78 Å². The summed E-state index contributed by atoms with van der Waals surface area (Å²) in [6.07, 6.45) is 0.501. The molecule has 0 radical (unpaired) electrons. The van der Waals surface area contributed by atoms with Crippen LogP contribution in [0.4, 0.5) is 5.69 Å². The van der Waals surface area contributed by atoms with Gasteiger partial charge in [0.25, 0.3) is 5.56 Å². The lowest BCUT2D eigenvalue weighted by molar-refractivity contribution is 0.0931. The molecule has 2 unspecified atom stereocenters. The van der Waals surface area contributed by atoms with E-state index in [-0.39, 0.29) is 18.7 Å². The minimum atomic E-state index is -0.919. The molecule has 2 N–H and O–H groups in total. The zero-order valence-electron chi connectivity index (χ0n) is 19.1. The normalized spacial score (nSPS) is 12.8. The quantitative estimate of drug-likeness (QED) is 0.352. The first-order valence-electron chi connectivity index (χ1n) is 10.7. The maximum Gasteiger partial charge on any atom is 0.332 e. The summed E-state index contributed by atoms with van der Waals surface area (Å²) in [4.78, 5) is 28.6. The molecule has 0 aliphatic carbocycles. The van der Waals surface area contributed by atoms with Crippen LogP contribution in [0.5, 0.6) is 5.75 Å². The van der Waals surface area contributed by atoms with E-state index in [9.17, 15) is 20.0 Å². The van der Waals surface area contributed by atoms with E-state index in [1.807, 2.05) is 24.3 Å². The van der Waals surface area contributed by atoms with E-state index in [0.717, 1.165) is 20.3 Å². The lowest BCUT2D eigenvalue weighted by Crippen LogP contribution is -2.37. The molecular weight excluding hydrogens is 516 g/mol. The lowest BCUT2D eigenvalue weighted by Gasteiger charge is -2.16. The number of hydrogen-bond donors (Lipinski definition) is 2. The van der Waals surface area contributed by atoms with Gasteiger partial charge in [-0.3, -0.25) is 13.9 Å². The first kappa shape index (κ1) is 24.3. The van der Waals surface area contributed by atoms with Crippen LogP contribution in [0.25, 0.3) is 11.2 Å². The SMILES string of the molecule is Cn1c(=O)c2ncn(CC(O)COc3ccc(C(C#N)Nc4ccc(Br)cc4)cc3)c2n(C)c1=O. The Hall–Kier alpha value is -3.88. The Morgan fingerprint density at radius 3 is 2.46 bits per heavy atom. The molecule has 180 valence electrons. The van der Waals surface area contributed by atoms with Crippen LogP contribution in [0.2, 0.25) is 0 Å². The van der Waals surface area contributed by atoms with Crippen LogP contribution in [-0.2, 0) is 20.6 Å². The minimum absolute atomic E-state index is 0.0172. The predicted octanol–water partition coefficient (Wildman–Crippen LogP) is 2.31. The van der Waals surface area contributed by atoms with Gasteiger partial charge in [-0.2, -0.15) is 5.26 Å². The van der Waals surface area contributed by atoms with Crippen LogP contribution >= 0.6 is 15.9 Å². The number of aryl methyl sites for hydroxylation is 1. The molecule has 2 heterocycles. The second-order valence-electron chi connectivity index (χ2n) is 8.02. The molecule has 2 aromatic heterocycles. The zero-order chi connectivity index (χ0) is 25.1. The number of nitrogens with one attached hydrogen (secondary N) is 1. The highest BCUT2D eigenvalue weighted by molar-refractivity contribution is 9.10. The van der Waals surface area contributed by atoms with Crippen molar-refractivity contribution in [3.8, 4) is 11.8 Å². The summed E-state index contributed by atoms with van der Waals surface area (Å²) >= 11 is 3.39. The summed E-state index contributed by atoms with van der Waals surface area (Å²) in [6, 6.07) is 16.3. The number of halogens is 1. The minimum Gasteiger partial charge on any atom is -0.491 e. The fourth-order valence-corrected chi connectivity index (χ4v) is 3.97.